The lowest BCUT2D eigenvalue weighted by Gasteiger charge is -2.40. The molecule has 2 heterocycles. The monoisotopic (exact) mass is 371 g/mol. The molecule has 2 aliphatic rings. The molecule has 0 atom stereocenters. The summed E-state index contributed by atoms with van der Waals surface area (Å²) >= 11 is 0. The van der Waals surface area contributed by atoms with Crippen molar-refractivity contribution in [3.8, 4) is 0 Å². The predicted octanol–water partition coefficient (Wildman–Crippen LogP) is 4.62. The molecular formula is C24H25N3O. The third-order valence-electron chi connectivity index (χ3n) is 5.49. The summed E-state index contributed by atoms with van der Waals surface area (Å²) in [5.41, 5.74) is 5.16. The number of carbonyl (C=O) groups excluding carboxylic acids is 1. The van der Waals surface area contributed by atoms with Crippen molar-refractivity contribution in [1.82, 2.24) is 4.90 Å². The van der Waals surface area contributed by atoms with E-state index < -0.39 is 0 Å². The minimum absolute atomic E-state index is 0.00844. The van der Waals surface area contributed by atoms with Crippen LogP contribution in [0, 0.1) is 0 Å². The maximum atomic E-state index is 13.5. The van der Waals surface area contributed by atoms with E-state index in [2.05, 4.69) is 48.4 Å². The first-order valence-corrected chi connectivity index (χ1v) is 9.68. The SMILES string of the molecule is C=CC1=C(C=C)N(C(=O)N2CCN(c3ccccc3)CC2)c2ccccc2C1. The highest BCUT2D eigenvalue weighted by Gasteiger charge is 2.32. The first kappa shape index (κ1) is 18.1. The molecule has 0 bridgehead atoms. The molecule has 2 aromatic carbocycles. The Hall–Kier alpha value is -3.27. The van der Waals surface area contributed by atoms with Crippen LogP contribution in [0.5, 0.6) is 0 Å². The molecule has 0 unspecified atom stereocenters. The number of fused-ring (bicyclic) bond motifs is 1. The van der Waals surface area contributed by atoms with Crippen LogP contribution >= 0.6 is 0 Å². The van der Waals surface area contributed by atoms with Crippen molar-refractivity contribution < 1.29 is 4.79 Å². The highest BCUT2D eigenvalue weighted by atomic mass is 16.2. The number of para-hydroxylation sites is 2. The molecule has 4 nitrogen and oxygen atoms in total. The van der Waals surface area contributed by atoms with E-state index in [0.29, 0.717) is 13.1 Å². The lowest BCUT2D eigenvalue weighted by atomic mass is 9.95. The molecule has 2 aliphatic heterocycles. The van der Waals surface area contributed by atoms with Crippen LogP contribution in [-0.4, -0.2) is 37.1 Å². The van der Waals surface area contributed by atoms with Gasteiger partial charge in [0, 0.05) is 38.3 Å². The third kappa shape index (κ3) is 3.22. The summed E-state index contributed by atoms with van der Waals surface area (Å²) in [5, 5.41) is 0. The summed E-state index contributed by atoms with van der Waals surface area (Å²) in [6.45, 7) is 10.9. The maximum absolute atomic E-state index is 13.5. The number of hydrogen-bond donors (Lipinski definition) is 0. The van der Waals surface area contributed by atoms with Crippen molar-refractivity contribution in [3.63, 3.8) is 0 Å². The van der Waals surface area contributed by atoms with Crippen LogP contribution in [0.2, 0.25) is 0 Å². The molecule has 1 saturated heterocycles. The summed E-state index contributed by atoms with van der Waals surface area (Å²) in [6, 6.07) is 18.5. The molecule has 2 amide bonds. The van der Waals surface area contributed by atoms with Crippen LogP contribution in [0.3, 0.4) is 0 Å². The van der Waals surface area contributed by atoms with Gasteiger partial charge in [-0.2, -0.15) is 0 Å². The summed E-state index contributed by atoms with van der Waals surface area (Å²) in [6.07, 6.45) is 4.37. The first-order valence-electron chi connectivity index (χ1n) is 9.68. The number of benzene rings is 2. The Morgan fingerprint density at radius 1 is 0.857 bits per heavy atom. The quantitative estimate of drug-likeness (QED) is 0.787. The molecule has 0 N–H and O–H groups in total. The molecular weight excluding hydrogens is 346 g/mol. The van der Waals surface area contributed by atoms with E-state index in [9.17, 15) is 4.79 Å². The number of allylic oxidation sites excluding steroid dienone is 3. The van der Waals surface area contributed by atoms with Gasteiger partial charge >= 0.3 is 6.03 Å². The molecule has 28 heavy (non-hydrogen) atoms. The van der Waals surface area contributed by atoms with Gasteiger partial charge < -0.3 is 9.80 Å². The van der Waals surface area contributed by atoms with Crippen molar-refractivity contribution in [2.45, 2.75) is 6.42 Å². The molecule has 0 spiro atoms. The number of carbonyl (C=O) groups is 1. The number of urea groups is 1. The van der Waals surface area contributed by atoms with Crippen molar-refractivity contribution in [1.29, 1.82) is 0 Å². The average molecular weight is 371 g/mol. The lowest BCUT2D eigenvalue weighted by Crippen LogP contribution is -2.53. The van der Waals surface area contributed by atoms with Crippen LogP contribution in [0.25, 0.3) is 0 Å². The fourth-order valence-electron chi connectivity index (χ4n) is 3.99. The van der Waals surface area contributed by atoms with Crippen LogP contribution in [-0.2, 0) is 6.42 Å². The standard InChI is InChI=1S/C24H25N3O/c1-3-19-18-20-10-8-9-13-23(20)27(22(19)4-2)24(28)26-16-14-25(15-17-26)21-11-6-5-7-12-21/h3-13H,1-2,14-18H2. The van der Waals surface area contributed by atoms with Crippen LogP contribution in [0.15, 0.2) is 91.2 Å². The Balaban J connectivity index is 1.58. The minimum Gasteiger partial charge on any atom is -0.368 e. The second-order valence-corrected chi connectivity index (χ2v) is 7.05. The van der Waals surface area contributed by atoms with Gasteiger partial charge in [0.05, 0.1) is 11.4 Å². The number of rotatable bonds is 3. The summed E-state index contributed by atoms with van der Waals surface area (Å²) in [5.74, 6) is 0. The second kappa shape index (κ2) is 7.77. The predicted molar refractivity (Wildman–Crippen MR) is 116 cm³/mol. The zero-order valence-corrected chi connectivity index (χ0v) is 16.1. The van der Waals surface area contributed by atoms with Crippen molar-refractivity contribution in [2.75, 3.05) is 36.0 Å². The van der Waals surface area contributed by atoms with Gasteiger partial charge in [0.1, 0.15) is 0 Å². The molecule has 1 fully saturated rings. The number of piperazine rings is 1. The zero-order valence-electron chi connectivity index (χ0n) is 16.1. The Morgan fingerprint density at radius 3 is 2.21 bits per heavy atom. The maximum Gasteiger partial charge on any atom is 0.329 e. The van der Waals surface area contributed by atoms with Gasteiger partial charge in [-0.1, -0.05) is 55.6 Å². The molecule has 0 aliphatic carbocycles. The van der Waals surface area contributed by atoms with Crippen LogP contribution in [0.1, 0.15) is 5.56 Å². The zero-order chi connectivity index (χ0) is 19.5. The largest absolute Gasteiger partial charge is 0.368 e. The van der Waals surface area contributed by atoms with Crippen LogP contribution in [0.4, 0.5) is 16.2 Å². The number of nitrogens with zero attached hydrogens (tertiary/aromatic N) is 3. The van der Waals surface area contributed by atoms with Crippen molar-refractivity contribution in [3.05, 3.63) is 96.7 Å². The van der Waals surface area contributed by atoms with E-state index >= 15 is 0 Å². The minimum atomic E-state index is 0.00844. The van der Waals surface area contributed by atoms with Crippen molar-refractivity contribution in [2.24, 2.45) is 0 Å². The lowest BCUT2D eigenvalue weighted by molar-refractivity contribution is 0.202. The molecule has 0 aromatic heterocycles. The number of hydrogen-bond acceptors (Lipinski definition) is 2. The van der Waals surface area contributed by atoms with Gasteiger partial charge in [0.2, 0.25) is 0 Å². The summed E-state index contributed by atoms with van der Waals surface area (Å²) in [4.78, 5) is 19.6. The average Bonchev–Trinajstić information content (AvgIpc) is 2.77. The fourth-order valence-corrected chi connectivity index (χ4v) is 3.99. The Morgan fingerprint density at radius 2 is 1.54 bits per heavy atom. The van der Waals surface area contributed by atoms with Gasteiger partial charge in [0.25, 0.3) is 0 Å². The summed E-state index contributed by atoms with van der Waals surface area (Å²) in [7, 11) is 0. The van der Waals surface area contributed by atoms with E-state index in [1.54, 1.807) is 11.0 Å². The molecule has 0 radical (unpaired) electrons. The van der Waals surface area contributed by atoms with Gasteiger partial charge in [0.15, 0.2) is 0 Å². The van der Waals surface area contributed by atoms with E-state index in [0.717, 1.165) is 42.0 Å². The molecule has 142 valence electrons. The molecule has 4 heteroatoms. The highest BCUT2D eigenvalue weighted by molar-refractivity contribution is 5.98. The first-order chi connectivity index (χ1) is 13.7. The van der Waals surface area contributed by atoms with E-state index in [-0.39, 0.29) is 6.03 Å². The Kier molecular flexibility index (Phi) is 5.02. The topological polar surface area (TPSA) is 26.8 Å². The van der Waals surface area contributed by atoms with Crippen LogP contribution < -0.4 is 9.80 Å². The Labute approximate surface area is 166 Å². The highest BCUT2D eigenvalue weighted by Crippen LogP contribution is 2.35. The van der Waals surface area contributed by atoms with E-state index in [1.165, 1.54) is 5.69 Å². The summed E-state index contributed by atoms with van der Waals surface area (Å²) < 4.78 is 0. The fraction of sp³-hybridized carbons (Fsp3) is 0.208. The Bertz CT molecular complexity index is 924. The van der Waals surface area contributed by atoms with Gasteiger partial charge in [-0.3, -0.25) is 4.90 Å². The molecule has 0 saturated carbocycles. The third-order valence-corrected chi connectivity index (χ3v) is 5.49. The van der Waals surface area contributed by atoms with E-state index in [1.807, 2.05) is 35.2 Å². The van der Waals surface area contributed by atoms with Gasteiger partial charge in [-0.15, -0.1) is 0 Å². The smallest absolute Gasteiger partial charge is 0.329 e. The van der Waals surface area contributed by atoms with Gasteiger partial charge in [-0.05, 0) is 35.4 Å². The number of anilines is 2. The normalized spacial score (nSPS) is 16.6. The van der Waals surface area contributed by atoms with E-state index in [4.69, 9.17) is 0 Å². The van der Waals surface area contributed by atoms with Gasteiger partial charge in [-0.25, -0.2) is 4.79 Å². The molecule has 2 aromatic rings. The van der Waals surface area contributed by atoms with Crippen molar-refractivity contribution >= 4 is 17.4 Å². The second-order valence-electron chi connectivity index (χ2n) is 7.05. The molecule has 4 rings (SSSR count). The number of amides is 2.